The average Bonchev–Trinajstić information content (AvgIpc) is 3.05. The summed E-state index contributed by atoms with van der Waals surface area (Å²) in [7, 11) is 1.62. The van der Waals surface area contributed by atoms with Crippen molar-refractivity contribution >= 4 is 51.4 Å². The van der Waals surface area contributed by atoms with E-state index >= 15 is 0 Å². The number of hydrogen-bond donors (Lipinski definition) is 0. The molecular formula is C20H22N2O3S2. The van der Waals surface area contributed by atoms with E-state index in [1.807, 2.05) is 24.0 Å². The number of carbonyl (C=O) groups is 2. The first-order valence-corrected chi connectivity index (χ1v) is 10.3. The highest BCUT2D eigenvalue weighted by Crippen LogP contribution is 2.55. The molecule has 7 heteroatoms. The van der Waals surface area contributed by atoms with Crippen LogP contribution < -0.4 is 9.64 Å². The topological polar surface area (TPSA) is 49.9 Å². The molecule has 3 aliphatic heterocycles. The van der Waals surface area contributed by atoms with Crippen molar-refractivity contribution in [3.05, 3.63) is 28.2 Å². The highest BCUT2D eigenvalue weighted by Gasteiger charge is 2.50. The van der Waals surface area contributed by atoms with Gasteiger partial charge in [0.25, 0.3) is 11.8 Å². The molecule has 1 aromatic rings. The Morgan fingerprint density at radius 2 is 2.00 bits per heavy atom. The Morgan fingerprint density at radius 1 is 1.30 bits per heavy atom. The van der Waals surface area contributed by atoms with Crippen LogP contribution in [0.25, 0.3) is 5.57 Å². The van der Waals surface area contributed by atoms with Gasteiger partial charge in [-0.1, -0.05) is 30.9 Å². The van der Waals surface area contributed by atoms with Crippen LogP contribution in [0.3, 0.4) is 0 Å². The van der Waals surface area contributed by atoms with Gasteiger partial charge in [-0.15, -0.1) is 0 Å². The number of methoxy groups -OCH3 is 1. The molecule has 142 valence electrons. The van der Waals surface area contributed by atoms with Crippen LogP contribution in [0.5, 0.6) is 5.75 Å². The van der Waals surface area contributed by atoms with Crippen LogP contribution in [-0.2, 0) is 9.59 Å². The van der Waals surface area contributed by atoms with Gasteiger partial charge in [0.15, 0.2) is 0 Å². The quantitative estimate of drug-likeness (QED) is 0.554. The van der Waals surface area contributed by atoms with Crippen molar-refractivity contribution < 1.29 is 14.3 Å². The fourth-order valence-electron chi connectivity index (χ4n) is 4.46. The molecule has 0 aliphatic carbocycles. The summed E-state index contributed by atoms with van der Waals surface area (Å²) >= 11 is 6.58. The Bertz CT molecular complexity index is 935. The van der Waals surface area contributed by atoms with E-state index in [0.29, 0.717) is 27.1 Å². The number of amides is 2. The highest BCUT2D eigenvalue weighted by molar-refractivity contribution is 8.26. The summed E-state index contributed by atoms with van der Waals surface area (Å²) in [6.07, 6.45) is 0.849. The zero-order valence-corrected chi connectivity index (χ0v) is 17.7. The number of thiocarbonyl (C=S) groups is 1. The van der Waals surface area contributed by atoms with Gasteiger partial charge in [0.2, 0.25) is 0 Å². The summed E-state index contributed by atoms with van der Waals surface area (Å²) in [6.45, 7) is 8.72. The Labute approximate surface area is 168 Å². The third kappa shape index (κ3) is 2.48. The first-order valence-electron chi connectivity index (χ1n) is 9.06. The number of nitrogens with zero attached hydrogens (tertiary/aromatic N) is 2. The molecule has 1 atom stereocenters. The second-order valence-corrected chi connectivity index (χ2v) is 9.44. The molecular weight excluding hydrogens is 380 g/mol. The van der Waals surface area contributed by atoms with Gasteiger partial charge in [-0.25, -0.2) is 0 Å². The smallest absolute Gasteiger partial charge is 0.266 e. The minimum absolute atomic E-state index is 0.118. The van der Waals surface area contributed by atoms with Crippen molar-refractivity contribution in [3.63, 3.8) is 0 Å². The summed E-state index contributed by atoms with van der Waals surface area (Å²) in [5.74, 6) is 0.692. The summed E-state index contributed by atoms with van der Waals surface area (Å²) in [6, 6.07) is 3.89. The lowest BCUT2D eigenvalue weighted by molar-refractivity contribution is -0.122. The largest absolute Gasteiger partial charge is 0.497 e. The molecule has 0 aromatic heterocycles. The predicted octanol–water partition coefficient (Wildman–Crippen LogP) is 3.92. The molecule has 1 saturated heterocycles. The van der Waals surface area contributed by atoms with E-state index in [1.54, 1.807) is 12.0 Å². The molecule has 1 aromatic carbocycles. The lowest BCUT2D eigenvalue weighted by Gasteiger charge is -2.43. The Balaban J connectivity index is 2.02. The van der Waals surface area contributed by atoms with Crippen LogP contribution in [0.2, 0.25) is 0 Å². The van der Waals surface area contributed by atoms with Crippen LogP contribution in [0, 0.1) is 0 Å². The van der Waals surface area contributed by atoms with Crippen molar-refractivity contribution in [1.29, 1.82) is 0 Å². The van der Waals surface area contributed by atoms with Gasteiger partial charge in [-0.3, -0.25) is 14.5 Å². The van der Waals surface area contributed by atoms with Crippen molar-refractivity contribution in [2.75, 3.05) is 18.6 Å². The Hall–Kier alpha value is -1.86. The number of benzene rings is 1. The highest BCUT2D eigenvalue weighted by atomic mass is 32.2. The molecule has 0 spiro atoms. The fourth-order valence-corrected chi connectivity index (χ4v) is 5.92. The first-order chi connectivity index (χ1) is 12.7. The maximum absolute atomic E-state index is 13.5. The first kappa shape index (κ1) is 18.5. The zero-order chi connectivity index (χ0) is 19.7. The van der Waals surface area contributed by atoms with E-state index in [9.17, 15) is 9.59 Å². The lowest BCUT2D eigenvalue weighted by atomic mass is 9.80. The predicted molar refractivity (Wildman–Crippen MR) is 112 cm³/mol. The van der Waals surface area contributed by atoms with E-state index < -0.39 is 0 Å². The van der Waals surface area contributed by atoms with Crippen LogP contribution in [0.1, 0.15) is 51.2 Å². The number of ether oxygens (including phenoxy) is 1. The van der Waals surface area contributed by atoms with Gasteiger partial charge in [-0.2, -0.15) is 0 Å². The number of carbonyl (C=O) groups excluding carboxylic acids is 2. The SMILES string of the molecule is CCN1C(=O)/C(=C2\C(=O)N3c4c2cc(OC)cc4[C@H](C)CC3(C)C)SC1=S. The maximum atomic E-state index is 13.5. The molecule has 3 aliphatic rings. The van der Waals surface area contributed by atoms with Crippen LogP contribution in [0.4, 0.5) is 5.69 Å². The van der Waals surface area contributed by atoms with E-state index in [0.717, 1.165) is 23.2 Å². The molecule has 0 bridgehead atoms. The third-order valence-corrected chi connectivity index (χ3v) is 7.04. The standard InChI is InChI=1S/C20H22N2O3S2/c1-6-21-18(24)16(27-19(21)26)14-13-8-11(25-5)7-12-10(2)9-20(3,4)22(15(12)13)17(14)23/h7-8,10H,6,9H2,1-5H3/b16-14+/t10-/m1/s1. The van der Waals surface area contributed by atoms with E-state index in [4.69, 9.17) is 17.0 Å². The molecule has 2 amide bonds. The lowest BCUT2D eigenvalue weighted by Crippen LogP contribution is -2.49. The average molecular weight is 403 g/mol. The summed E-state index contributed by atoms with van der Waals surface area (Å²) in [5, 5.41) is 0. The van der Waals surface area contributed by atoms with Gasteiger partial charge in [-0.05, 0) is 50.8 Å². The maximum Gasteiger partial charge on any atom is 0.266 e. The van der Waals surface area contributed by atoms with Crippen molar-refractivity contribution in [3.8, 4) is 5.75 Å². The molecule has 0 saturated carbocycles. The van der Waals surface area contributed by atoms with Crippen molar-refractivity contribution in [2.24, 2.45) is 0 Å². The van der Waals surface area contributed by atoms with E-state index in [2.05, 4.69) is 20.8 Å². The number of anilines is 1. The molecule has 0 radical (unpaired) electrons. The van der Waals surface area contributed by atoms with Gasteiger partial charge < -0.3 is 9.64 Å². The van der Waals surface area contributed by atoms with Crippen molar-refractivity contribution in [2.45, 2.75) is 45.6 Å². The zero-order valence-electron chi connectivity index (χ0n) is 16.1. The normalized spacial score (nSPS) is 26.1. The van der Waals surface area contributed by atoms with Crippen LogP contribution in [-0.4, -0.2) is 40.2 Å². The summed E-state index contributed by atoms with van der Waals surface area (Å²) in [5.41, 5.74) is 2.93. The molecule has 27 heavy (non-hydrogen) atoms. The number of thioether (sulfide) groups is 1. The van der Waals surface area contributed by atoms with Crippen LogP contribution in [0.15, 0.2) is 17.0 Å². The number of hydrogen-bond acceptors (Lipinski definition) is 5. The molecule has 0 N–H and O–H groups in total. The van der Waals surface area contributed by atoms with Crippen LogP contribution >= 0.6 is 24.0 Å². The summed E-state index contributed by atoms with van der Waals surface area (Å²) in [4.78, 5) is 30.3. The molecule has 1 fully saturated rings. The minimum Gasteiger partial charge on any atom is -0.497 e. The molecule has 4 rings (SSSR count). The van der Waals surface area contributed by atoms with Gasteiger partial charge in [0, 0.05) is 17.6 Å². The Morgan fingerprint density at radius 3 is 2.59 bits per heavy atom. The van der Waals surface area contributed by atoms with Crippen molar-refractivity contribution in [1.82, 2.24) is 4.90 Å². The van der Waals surface area contributed by atoms with Gasteiger partial charge >= 0.3 is 0 Å². The van der Waals surface area contributed by atoms with E-state index in [-0.39, 0.29) is 23.3 Å². The minimum atomic E-state index is -0.327. The monoisotopic (exact) mass is 402 g/mol. The number of likely N-dealkylation sites (N-methyl/N-ethyl adjacent to an activating group) is 1. The van der Waals surface area contributed by atoms with Gasteiger partial charge in [0.1, 0.15) is 10.1 Å². The molecule has 0 unspecified atom stereocenters. The molecule has 3 heterocycles. The molecule has 5 nitrogen and oxygen atoms in total. The second kappa shape index (κ2) is 6.07. The number of rotatable bonds is 2. The van der Waals surface area contributed by atoms with E-state index in [1.165, 1.54) is 11.8 Å². The third-order valence-electron chi connectivity index (χ3n) is 5.59. The second-order valence-electron chi connectivity index (χ2n) is 7.79. The summed E-state index contributed by atoms with van der Waals surface area (Å²) < 4.78 is 6.00. The van der Waals surface area contributed by atoms with Gasteiger partial charge in [0.05, 0.1) is 23.3 Å². The Kier molecular flexibility index (Phi) is 4.16. The fraction of sp³-hybridized carbons (Fsp3) is 0.450.